The first kappa shape index (κ1) is 13.1. The highest BCUT2D eigenvalue weighted by Crippen LogP contribution is 2.25. The van der Waals surface area contributed by atoms with Crippen molar-refractivity contribution in [3.05, 3.63) is 41.6 Å². The smallest absolute Gasteiger partial charge is 0.260 e. The van der Waals surface area contributed by atoms with Gasteiger partial charge in [0.2, 0.25) is 0 Å². The number of hydrogen-bond acceptors (Lipinski definition) is 4. The van der Waals surface area contributed by atoms with Crippen molar-refractivity contribution >= 4 is 15.7 Å². The zero-order valence-corrected chi connectivity index (χ0v) is 12.0. The van der Waals surface area contributed by atoms with E-state index in [1.165, 1.54) is 21.3 Å². The molecule has 0 spiro atoms. The molecule has 106 valence electrons. The average molecular weight is 292 g/mol. The highest BCUT2D eigenvalue weighted by molar-refractivity contribution is 7.89. The number of aromatic nitrogens is 2. The summed E-state index contributed by atoms with van der Waals surface area (Å²) < 4.78 is 28.1. The fraction of sp³-hybridized carbons (Fsp3) is 0.308. The molecular weight excluding hydrogens is 276 g/mol. The predicted molar refractivity (Wildman–Crippen MR) is 75.4 cm³/mol. The van der Waals surface area contributed by atoms with E-state index in [0.717, 1.165) is 11.1 Å². The third kappa shape index (κ3) is 2.08. The molecule has 6 nitrogen and oxygen atoms in total. The number of nitrogens with zero attached hydrogens (tertiary/aromatic N) is 3. The van der Waals surface area contributed by atoms with Gasteiger partial charge in [-0.1, -0.05) is 6.07 Å². The van der Waals surface area contributed by atoms with E-state index >= 15 is 0 Å². The maximum Gasteiger partial charge on any atom is 0.260 e. The summed E-state index contributed by atoms with van der Waals surface area (Å²) in [4.78, 5) is 0. The second kappa shape index (κ2) is 4.60. The summed E-state index contributed by atoms with van der Waals surface area (Å²) in [6.45, 7) is 0.832. The van der Waals surface area contributed by atoms with Crippen molar-refractivity contribution in [2.75, 3.05) is 12.3 Å². The Morgan fingerprint density at radius 2 is 2.05 bits per heavy atom. The van der Waals surface area contributed by atoms with Gasteiger partial charge in [0.1, 0.15) is 0 Å². The lowest BCUT2D eigenvalue weighted by atomic mass is 10.0. The summed E-state index contributed by atoms with van der Waals surface area (Å²) in [5.74, 6) is 0. The van der Waals surface area contributed by atoms with Crippen molar-refractivity contribution in [3.8, 4) is 0 Å². The Morgan fingerprint density at radius 3 is 2.75 bits per heavy atom. The Hall–Kier alpha value is -1.86. The van der Waals surface area contributed by atoms with Crippen LogP contribution in [0.5, 0.6) is 0 Å². The molecule has 7 heteroatoms. The Kier molecular flexibility index (Phi) is 3.02. The van der Waals surface area contributed by atoms with Crippen LogP contribution in [0, 0.1) is 0 Å². The van der Waals surface area contributed by atoms with Gasteiger partial charge in [0, 0.05) is 25.8 Å². The number of hydrogen-bond donors (Lipinski definition) is 1. The Bertz CT molecular complexity index is 751. The number of sulfonamides is 1. The Labute approximate surface area is 117 Å². The monoisotopic (exact) mass is 292 g/mol. The van der Waals surface area contributed by atoms with Crippen LogP contribution in [0.4, 0.5) is 5.69 Å². The van der Waals surface area contributed by atoms with E-state index in [9.17, 15) is 8.42 Å². The highest BCUT2D eigenvalue weighted by atomic mass is 32.2. The largest absolute Gasteiger partial charge is 0.399 e. The molecule has 3 rings (SSSR count). The molecule has 1 aliphatic heterocycles. The maximum absolute atomic E-state index is 12.6. The minimum absolute atomic E-state index is 0.213. The van der Waals surface area contributed by atoms with Crippen LogP contribution in [0.3, 0.4) is 0 Å². The summed E-state index contributed by atoms with van der Waals surface area (Å²) in [6, 6.07) is 7.19. The van der Waals surface area contributed by atoms with Crippen molar-refractivity contribution in [1.29, 1.82) is 0 Å². The number of aryl methyl sites for hydroxylation is 1. The average Bonchev–Trinajstić information content (AvgIpc) is 2.84. The number of nitrogens with two attached hydrogens (primary N) is 1. The molecule has 0 radical (unpaired) electrons. The fourth-order valence-electron chi connectivity index (χ4n) is 2.50. The molecular formula is C13H16N4O2S. The second-order valence-corrected chi connectivity index (χ2v) is 6.79. The predicted octanol–water partition coefficient (Wildman–Crippen LogP) is 0.749. The van der Waals surface area contributed by atoms with Gasteiger partial charge in [0.15, 0.2) is 5.03 Å². The van der Waals surface area contributed by atoms with Gasteiger partial charge in [-0.05, 0) is 35.7 Å². The van der Waals surface area contributed by atoms with Crippen molar-refractivity contribution in [1.82, 2.24) is 14.1 Å². The van der Waals surface area contributed by atoms with Gasteiger partial charge in [0.05, 0.1) is 6.20 Å². The Balaban J connectivity index is 1.96. The van der Waals surface area contributed by atoms with Gasteiger partial charge in [-0.25, -0.2) is 8.42 Å². The molecule has 20 heavy (non-hydrogen) atoms. The number of anilines is 1. The first-order chi connectivity index (χ1) is 9.48. The molecule has 1 aliphatic rings. The zero-order valence-electron chi connectivity index (χ0n) is 11.2. The van der Waals surface area contributed by atoms with E-state index in [0.29, 0.717) is 25.2 Å². The lowest BCUT2D eigenvalue weighted by molar-refractivity contribution is 0.386. The first-order valence-electron chi connectivity index (χ1n) is 6.34. The van der Waals surface area contributed by atoms with Crippen LogP contribution in [0.2, 0.25) is 0 Å². The topological polar surface area (TPSA) is 81.2 Å². The summed E-state index contributed by atoms with van der Waals surface area (Å²) in [6.07, 6.45) is 2.19. The minimum Gasteiger partial charge on any atom is -0.399 e. The molecule has 2 aromatic rings. The number of benzene rings is 1. The summed E-state index contributed by atoms with van der Waals surface area (Å²) in [5, 5.41) is 4.14. The molecule has 1 aromatic heterocycles. The third-order valence-corrected chi connectivity index (χ3v) is 5.51. The van der Waals surface area contributed by atoms with E-state index in [1.54, 1.807) is 7.05 Å². The van der Waals surface area contributed by atoms with Crippen molar-refractivity contribution in [2.45, 2.75) is 18.0 Å². The van der Waals surface area contributed by atoms with Crippen LogP contribution in [-0.4, -0.2) is 29.0 Å². The molecule has 2 N–H and O–H groups in total. The van der Waals surface area contributed by atoms with E-state index in [4.69, 9.17) is 5.73 Å². The van der Waals surface area contributed by atoms with E-state index in [1.807, 2.05) is 18.2 Å². The van der Waals surface area contributed by atoms with Crippen LogP contribution in [0.25, 0.3) is 0 Å². The van der Waals surface area contributed by atoms with Gasteiger partial charge < -0.3 is 5.73 Å². The lowest BCUT2D eigenvalue weighted by Gasteiger charge is -2.28. The van der Waals surface area contributed by atoms with Gasteiger partial charge in [-0.2, -0.15) is 9.40 Å². The maximum atomic E-state index is 12.6. The van der Waals surface area contributed by atoms with Crippen molar-refractivity contribution < 1.29 is 8.42 Å². The molecule has 0 fully saturated rings. The molecule has 0 bridgehead atoms. The second-order valence-electron chi connectivity index (χ2n) is 4.91. The fourth-order valence-corrected chi connectivity index (χ4v) is 4.02. The Morgan fingerprint density at radius 1 is 1.25 bits per heavy atom. The van der Waals surface area contributed by atoms with Gasteiger partial charge in [0.25, 0.3) is 10.0 Å². The number of rotatable bonds is 2. The molecule has 0 atom stereocenters. The van der Waals surface area contributed by atoms with Crippen LogP contribution in [-0.2, 0) is 30.0 Å². The van der Waals surface area contributed by atoms with Crippen LogP contribution < -0.4 is 5.73 Å². The minimum atomic E-state index is -3.51. The molecule has 0 amide bonds. The van der Waals surface area contributed by atoms with Crippen LogP contribution in [0.1, 0.15) is 11.1 Å². The molecule has 2 heterocycles. The van der Waals surface area contributed by atoms with Gasteiger partial charge in [-0.15, -0.1) is 0 Å². The van der Waals surface area contributed by atoms with Gasteiger partial charge >= 0.3 is 0 Å². The molecule has 1 aromatic carbocycles. The van der Waals surface area contributed by atoms with Crippen LogP contribution >= 0.6 is 0 Å². The zero-order chi connectivity index (χ0) is 14.3. The number of fused-ring (bicyclic) bond motifs is 1. The lowest BCUT2D eigenvalue weighted by Crippen LogP contribution is -2.36. The quantitative estimate of drug-likeness (QED) is 0.828. The van der Waals surface area contributed by atoms with Gasteiger partial charge in [-0.3, -0.25) is 4.68 Å². The van der Waals surface area contributed by atoms with E-state index in [-0.39, 0.29) is 5.03 Å². The summed E-state index contributed by atoms with van der Waals surface area (Å²) in [7, 11) is -1.88. The summed E-state index contributed by atoms with van der Waals surface area (Å²) in [5.41, 5.74) is 8.57. The normalized spacial score (nSPS) is 16.1. The standard InChI is InChI=1S/C13H16N4O2S/c1-16-13(4-6-15-16)20(18,19)17-7-5-10-2-3-12(14)8-11(10)9-17/h2-4,6,8H,5,7,9,14H2,1H3. The summed E-state index contributed by atoms with van der Waals surface area (Å²) >= 11 is 0. The van der Waals surface area contributed by atoms with Crippen LogP contribution in [0.15, 0.2) is 35.5 Å². The molecule has 0 saturated carbocycles. The molecule has 0 unspecified atom stereocenters. The highest BCUT2D eigenvalue weighted by Gasteiger charge is 2.30. The van der Waals surface area contributed by atoms with E-state index < -0.39 is 10.0 Å². The first-order valence-corrected chi connectivity index (χ1v) is 7.78. The third-order valence-electron chi connectivity index (χ3n) is 3.59. The molecule has 0 saturated heterocycles. The number of nitrogen functional groups attached to an aromatic ring is 1. The van der Waals surface area contributed by atoms with Crippen molar-refractivity contribution in [3.63, 3.8) is 0 Å². The van der Waals surface area contributed by atoms with Crippen molar-refractivity contribution in [2.24, 2.45) is 7.05 Å². The van der Waals surface area contributed by atoms with E-state index in [2.05, 4.69) is 5.10 Å². The molecule has 0 aliphatic carbocycles. The SMILES string of the molecule is Cn1nccc1S(=O)(=O)N1CCc2ccc(N)cc2C1.